The standard InChI is InChI=1S/C16H15NOS/c1-10-16(19-11(2)17-10)15(18)14-9-5-7-12-6-3-4-8-13(12)14/h3-9,15,18H,1-2H3. The van der Waals surface area contributed by atoms with E-state index in [-0.39, 0.29) is 0 Å². The van der Waals surface area contributed by atoms with E-state index in [9.17, 15) is 5.11 Å². The Balaban J connectivity index is 2.16. The van der Waals surface area contributed by atoms with Crippen LogP contribution < -0.4 is 0 Å². The Morgan fingerprint density at radius 3 is 2.53 bits per heavy atom. The van der Waals surface area contributed by atoms with E-state index in [0.29, 0.717) is 0 Å². The molecule has 0 aliphatic heterocycles. The molecule has 1 unspecified atom stereocenters. The topological polar surface area (TPSA) is 33.1 Å². The number of nitrogens with zero attached hydrogens (tertiary/aromatic N) is 1. The SMILES string of the molecule is Cc1nc(C)c(C(O)c2cccc3ccccc23)s1. The van der Waals surface area contributed by atoms with Gasteiger partial charge >= 0.3 is 0 Å². The van der Waals surface area contributed by atoms with E-state index < -0.39 is 6.10 Å². The highest BCUT2D eigenvalue weighted by Crippen LogP contribution is 2.33. The third kappa shape index (κ3) is 2.15. The van der Waals surface area contributed by atoms with Gasteiger partial charge in [-0.3, -0.25) is 0 Å². The summed E-state index contributed by atoms with van der Waals surface area (Å²) in [6, 6.07) is 14.2. The van der Waals surface area contributed by atoms with E-state index in [1.165, 1.54) is 0 Å². The summed E-state index contributed by atoms with van der Waals surface area (Å²) in [5.74, 6) is 0. The van der Waals surface area contributed by atoms with Gasteiger partial charge in [-0.25, -0.2) is 4.98 Å². The van der Waals surface area contributed by atoms with E-state index in [1.807, 2.05) is 38.1 Å². The van der Waals surface area contributed by atoms with Crippen molar-refractivity contribution in [2.75, 3.05) is 0 Å². The van der Waals surface area contributed by atoms with Crippen LogP contribution in [0.25, 0.3) is 10.8 Å². The molecule has 0 saturated heterocycles. The molecule has 0 radical (unpaired) electrons. The number of aromatic nitrogens is 1. The fraction of sp³-hybridized carbons (Fsp3) is 0.188. The van der Waals surface area contributed by atoms with Crippen molar-refractivity contribution in [1.29, 1.82) is 0 Å². The van der Waals surface area contributed by atoms with Gasteiger partial charge in [-0.15, -0.1) is 11.3 Å². The van der Waals surface area contributed by atoms with Crippen LogP contribution in [-0.4, -0.2) is 10.1 Å². The summed E-state index contributed by atoms with van der Waals surface area (Å²) in [5, 5.41) is 13.9. The van der Waals surface area contributed by atoms with Gasteiger partial charge in [0, 0.05) is 0 Å². The number of rotatable bonds is 2. The molecule has 1 heterocycles. The van der Waals surface area contributed by atoms with Crippen molar-refractivity contribution in [3.63, 3.8) is 0 Å². The second-order valence-corrected chi connectivity index (χ2v) is 5.89. The molecule has 96 valence electrons. The first-order valence-electron chi connectivity index (χ1n) is 6.26. The maximum Gasteiger partial charge on any atom is 0.116 e. The van der Waals surface area contributed by atoms with Crippen LogP contribution in [0, 0.1) is 13.8 Å². The molecule has 0 aliphatic carbocycles. The van der Waals surface area contributed by atoms with Crippen molar-refractivity contribution in [2.24, 2.45) is 0 Å². The van der Waals surface area contributed by atoms with Crippen LogP contribution in [0.2, 0.25) is 0 Å². The number of aliphatic hydroxyl groups excluding tert-OH is 1. The molecule has 1 N–H and O–H groups in total. The van der Waals surface area contributed by atoms with Crippen LogP contribution in [-0.2, 0) is 0 Å². The molecule has 0 saturated carbocycles. The van der Waals surface area contributed by atoms with E-state index in [4.69, 9.17) is 0 Å². The lowest BCUT2D eigenvalue weighted by atomic mass is 9.99. The Labute approximate surface area is 116 Å². The van der Waals surface area contributed by atoms with E-state index >= 15 is 0 Å². The van der Waals surface area contributed by atoms with E-state index in [0.717, 1.165) is 31.9 Å². The Morgan fingerprint density at radius 2 is 1.79 bits per heavy atom. The zero-order chi connectivity index (χ0) is 13.4. The van der Waals surface area contributed by atoms with Gasteiger partial charge < -0.3 is 5.11 Å². The number of aliphatic hydroxyl groups is 1. The summed E-state index contributed by atoms with van der Waals surface area (Å²) < 4.78 is 0. The molecule has 0 fully saturated rings. The summed E-state index contributed by atoms with van der Waals surface area (Å²) in [6.07, 6.45) is -0.600. The first-order valence-corrected chi connectivity index (χ1v) is 7.08. The lowest BCUT2D eigenvalue weighted by molar-refractivity contribution is 0.225. The number of hydrogen-bond acceptors (Lipinski definition) is 3. The highest BCUT2D eigenvalue weighted by Gasteiger charge is 2.18. The minimum Gasteiger partial charge on any atom is -0.383 e. The zero-order valence-electron chi connectivity index (χ0n) is 10.9. The molecule has 2 aromatic carbocycles. The predicted molar refractivity (Wildman–Crippen MR) is 79.6 cm³/mol. The summed E-state index contributed by atoms with van der Waals surface area (Å²) in [4.78, 5) is 5.33. The molecule has 0 aliphatic rings. The average molecular weight is 269 g/mol. The molecule has 3 aromatic rings. The minimum atomic E-state index is -0.600. The van der Waals surface area contributed by atoms with Crippen LogP contribution >= 0.6 is 11.3 Å². The number of hydrogen-bond donors (Lipinski definition) is 1. The molecule has 1 atom stereocenters. The average Bonchev–Trinajstić information content (AvgIpc) is 2.76. The molecule has 1 aromatic heterocycles. The fourth-order valence-electron chi connectivity index (χ4n) is 2.43. The predicted octanol–water partition coefficient (Wildman–Crippen LogP) is 3.99. The van der Waals surface area contributed by atoms with Crippen molar-refractivity contribution in [2.45, 2.75) is 20.0 Å². The van der Waals surface area contributed by atoms with Gasteiger partial charge in [0.2, 0.25) is 0 Å². The minimum absolute atomic E-state index is 0.600. The monoisotopic (exact) mass is 269 g/mol. The van der Waals surface area contributed by atoms with Crippen LogP contribution in [0.5, 0.6) is 0 Å². The molecule has 3 rings (SSSR count). The van der Waals surface area contributed by atoms with Gasteiger partial charge in [-0.2, -0.15) is 0 Å². The maximum atomic E-state index is 10.7. The maximum absolute atomic E-state index is 10.7. The first-order chi connectivity index (χ1) is 9.16. The lowest BCUT2D eigenvalue weighted by Crippen LogP contribution is -2.00. The number of aryl methyl sites for hydroxylation is 2. The molecule has 0 spiro atoms. The third-order valence-corrected chi connectivity index (χ3v) is 4.43. The summed E-state index contributed by atoms with van der Waals surface area (Å²) in [5.41, 5.74) is 1.87. The molecule has 19 heavy (non-hydrogen) atoms. The number of fused-ring (bicyclic) bond motifs is 1. The van der Waals surface area contributed by atoms with Crippen molar-refractivity contribution < 1.29 is 5.11 Å². The van der Waals surface area contributed by atoms with Crippen molar-refractivity contribution in [1.82, 2.24) is 4.98 Å². The van der Waals surface area contributed by atoms with Crippen LogP contribution in [0.4, 0.5) is 0 Å². The number of thiazole rings is 1. The molecule has 3 heteroatoms. The Hall–Kier alpha value is -1.71. The van der Waals surface area contributed by atoms with Gasteiger partial charge in [0.05, 0.1) is 15.6 Å². The molecule has 0 amide bonds. The first kappa shape index (κ1) is 12.3. The quantitative estimate of drug-likeness (QED) is 0.763. The molecular weight excluding hydrogens is 254 g/mol. The van der Waals surface area contributed by atoms with Crippen LogP contribution in [0.1, 0.15) is 27.2 Å². The normalized spacial score (nSPS) is 12.8. The largest absolute Gasteiger partial charge is 0.383 e. The van der Waals surface area contributed by atoms with Gasteiger partial charge in [-0.05, 0) is 30.2 Å². The molecule has 0 bridgehead atoms. The summed E-state index contributed by atoms with van der Waals surface area (Å²) in [7, 11) is 0. The number of benzene rings is 2. The summed E-state index contributed by atoms with van der Waals surface area (Å²) >= 11 is 1.56. The zero-order valence-corrected chi connectivity index (χ0v) is 11.7. The van der Waals surface area contributed by atoms with Crippen LogP contribution in [0.15, 0.2) is 42.5 Å². The smallest absolute Gasteiger partial charge is 0.116 e. The van der Waals surface area contributed by atoms with E-state index in [1.54, 1.807) is 11.3 Å². The van der Waals surface area contributed by atoms with Crippen molar-refractivity contribution >= 4 is 22.1 Å². The highest BCUT2D eigenvalue weighted by atomic mass is 32.1. The Bertz CT molecular complexity index is 727. The fourth-order valence-corrected chi connectivity index (χ4v) is 3.36. The van der Waals surface area contributed by atoms with Gasteiger partial charge in [0.15, 0.2) is 0 Å². The Morgan fingerprint density at radius 1 is 1.05 bits per heavy atom. The van der Waals surface area contributed by atoms with Crippen molar-refractivity contribution in [3.05, 3.63) is 63.6 Å². The second-order valence-electron chi connectivity index (χ2n) is 4.65. The van der Waals surface area contributed by atoms with Crippen LogP contribution in [0.3, 0.4) is 0 Å². The summed E-state index contributed by atoms with van der Waals surface area (Å²) in [6.45, 7) is 3.92. The Kier molecular flexibility index (Phi) is 3.09. The molecular formula is C16H15NOS. The third-order valence-electron chi connectivity index (χ3n) is 3.31. The van der Waals surface area contributed by atoms with Gasteiger partial charge in [-0.1, -0.05) is 42.5 Å². The highest BCUT2D eigenvalue weighted by molar-refractivity contribution is 7.11. The lowest BCUT2D eigenvalue weighted by Gasteiger charge is -2.12. The van der Waals surface area contributed by atoms with Gasteiger partial charge in [0.25, 0.3) is 0 Å². The molecule has 2 nitrogen and oxygen atoms in total. The second kappa shape index (κ2) is 4.76. The van der Waals surface area contributed by atoms with E-state index in [2.05, 4.69) is 23.2 Å². The van der Waals surface area contributed by atoms with Gasteiger partial charge in [0.1, 0.15) is 6.10 Å². The van der Waals surface area contributed by atoms with Crippen molar-refractivity contribution in [3.8, 4) is 0 Å².